The second-order valence-corrected chi connectivity index (χ2v) is 5.38. The maximum Gasteiger partial charge on any atom is 0.265 e. The van der Waals surface area contributed by atoms with Gasteiger partial charge in [-0.15, -0.1) is 0 Å². The van der Waals surface area contributed by atoms with Crippen molar-refractivity contribution in [2.75, 3.05) is 5.32 Å². The fraction of sp³-hybridized carbons (Fsp3) is 0.286. The summed E-state index contributed by atoms with van der Waals surface area (Å²) in [6, 6.07) is 3.99. The van der Waals surface area contributed by atoms with E-state index in [1.165, 1.54) is 18.2 Å². The van der Waals surface area contributed by atoms with Crippen molar-refractivity contribution in [3.05, 3.63) is 39.9 Å². The normalized spacial score (nSPS) is 12.0. The zero-order valence-corrected chi connectivity index (χ0v) is 13.3. The Morgan fingerprint density at radius 3 is 2.76 bits per heavy atom. The van der Waals surface area contributed by atoms with E-state index in [0.29, 0.717) is 27.4 Å². The van der Waals surface area contributed by atoms with E-state index < -0.39 is 6.10 Å². The highest BCUT2D eigenvalue weighted by atomic mass is 79.9. The van der Waals surface area contributed by atoms with Gasteiger partial charge in [0.25, 0.3) is 5.91 Å². The first kappa shape index (κ1) is 15.5. The lowest BCUT2D eigenvalue weighted by Crippen LogP contribution is -2.30. The van der Waals surface area contributed by atoms with Gasteiger partial charge in [-0.05, 0) is 54.9 Å². The molecule has 0 bridgehead atoms. The van der Waals surface area contributed by atoms with Crippen LogP contribution in [-0.2, 0) is 4.79 Å². The molecule has 0 saturated carbocycles. The average molecular weight is 357 g/mol. The molecular formula is C14H14BrFN2O3. The molecule has 0 aliphatic rings. The number of aryl methyl sites for hydroxylation is 2. The Kier molecular flexibility index (Phi) is 4.62. The molecule has 0 fully saturated rings. The van der Waals surface area contributed by atoms with Gasteiger partial charge in [0.1, 0.15) is 22.9 Å². The molecular weight excluding hydrogens is 343 g/mol. The number of anilines is 1. The summed E-state index contributed by atoms with van der Waals surface area (Å²) in [7, 11) is 0. The standard InChI is InChI=1S/C14H14BrFN2O3/c1-7-13(8(2)21-18-7)17-14(19)9(3)20-12-5-4-10(16)6-11(12)15/h4-6,9H,1-3H3,(H,17,19). The van der Waals surface area contributed by atoms with E-state index in [2.05, 4.69) is 26.4 Å². The van der Waals surface area contributed by atoms with Gasteiger partial charge < -0.3 is 14.6 Å². The highest BCUT2D eigenvalue weighted by Gasteiger charge is 2.19. The van der Waals surface area contributed by atoms with E-state index in [1.807, 2.05) is 0 Å². The molecule has 1 heterocycles. The Balaban J connectivity index is 2.06. The van der Waals surface area contributed by atoms with E-state index in [1.54, 1.807) is 20.8 Å². The van der Waals surface area contributed by atoms with Crippen LogP contribution in [-0.4, -0.2) is 17.2 Å². The Labute approximate surface area is 129 Å². The summed E-state index contributed by atoms with van der Waals surface area (Å²) in [5, 5.41) is 6.46. The number of benzene rings is 1. The fourth-order valence-electron chi connectivity index (χ4n) is 1.70. The Morgan fingerprint density at radius 1 is 1.48 bits per heavy atom. The van der Waals surface area contributed by atoms with Gasteiger partial charge in [-0.2, -0.15) is 0 Å². The van der Waals surface area contributed by atoms with Crippen molar-refractivity contribution < 1.29 is 18.4 Å². The lowest BCUT2D eigenvalue weighted by Gasteiger charge is -2.15. The minimum absolute atomic E-state index is 0.347. The van der Waals surface area contributed by atoms with Crippen molar-refractivity contribution in [1.29, 1.82) is 0 Å². The van der Waals surface area contributed by atoms with Crippen molar-refractivity contribution in [3.63, 3.8) is 0 Å². The van der Waals surface area contributed by atoms with Gasteiger partial charge in [-0.25, -0.2) is 4.39 Å². The molecule has 1 atom stereocenters. The van der Waals surface area contributed by atoms with Gasteiger partial charge >= 0.3 is 0 Å². The van der Waals surface area contributed by atoms with Gasteiger partial charge in [0.05, 0.1) is 4.47 Å². The number of carbonyl (C=O) groups is 1. The van der Waals surface area contributed by atoms with Crippen LogP contribution in [0.2, 0.25) is 0 Å². The molecule has 0 aliphatic carbocycles. The summed E-state index contributed by atoms with van der Waals surface area (Å²) < 4.78 is 23.9. The minimum Gasteiger partial charge on any atom is -0.480 e. The van der Waals surface area contributed by atoms with Crippen molar-refractivity contribution in [1.82, 2.24) is 5.16 Å². The van der Waals surface area contributed by atoms with Crippen LogP contribution in [0.15, 0.2) is 27.2 Å². The molecule has 0 radical (unpaired) electrons. The lowest BCUT2D eigenvalue weighted by atomic mass is 10.3. The number of hydrogen-bond donors (Lipinski definition) is 1. The molecule has 5 nitrogen and oxygen atoms in total. The largest absolute Gasteiger partial charge is 0.480 e. The van der Waals surface area contributed by atoms with Gasteiger partial charge in [0.2, 0.25) is 0 Å². The van der Waals surface area contributed by atoms with E-state index in [0.717, 1.165) is 0 Å². The molecule has 2 rings (SSSR count). The quantitative estimate of drug-likeness (QED) is 0.908. The van der Waals surface area contributed by atoms with Crippen LogP contribution in [0, 0.1) is 19.7 Å². The van der Waals surface area contributed by atoms with Crippen LogP contribution in [0.3, 0.4) is 0 Å². The molecule has 0 spiro atoms. The molecule has 1 aromatic heterocycles. The Bertz CT molecular complexity index is 653. The first-order valence-electron chi connectivity index (χ1n) is 6.24. The monoisotopic (exact) mass is 356 g/mol. The molecule has 1 unspecified atom stereocenters. The summed E-state index contributed by atoms with van der Waals surface area (Å²) in [5.74, 6) is 0.177. The number of aromatic nitrogens is 1. The fourth-order valence-corrected chi connectivity index (χ4v) is 2.15. The number of carbonyl (C=O) groups excluding carboxylic acids is 1. The molecule has 21 heavy (non-hydrogen) atoms. The molecule has 112 valence electrons. The first-order chi connectivity index (χ1) is 9.88. The van der Waals surface area contributed by atoms with Crippen molar-refractivity contribution in [2.24, 2.45) is 0 Å². The van der Waals surface area contributed by atoms with E-state index in [4.69, 9.17) is 9.26 Å². The van der Waals surface area contributed by atoms with Crippen LogP contribution in [0.5, 0.6) is 5.75 Å². The molecule has 1 N–H and O–H groups in total. The topological polar surface area (TPSA) is 64.4 Å². The predicted molar refractivity (Wildman–Crippen MR) is 78.8 cm³/mol. The highest BCUT2D eigenvalue weighted by molar-refractivity contribution is 9.10. The molecule has 1 aromatic carbocycles. The Hall–Kier alpha value is -1.89. The van der Waals surface area contributed by atoms with Gasteiger partial charge in [-0.1, -0.05) is 5.16 Å². The summed E-state index contributed by atoms with van der Waals surface area (Å²) in [4.78, 5) is 12.1. The van der Waals surface area contributed by atoms with E-state index >= 15 is 0 Å². The number of halogens is 2. The summed E-state index contributed by atoms with van der Waals surface area (Å²) in [5.41, 5.74) is 1.13. The van der Waals surface area contributed by atoms with Crippen molar-refractivity contribution in [3.8, 4) is 5.75 Å². The van der Waals surface area contributed by atoms with Gasteiger partial charge in [0.15, 0.2) is 11.9 Å². The third-order valence-corrected chi connectivity index (χ3v) is 3.47. The smallest absolute Gasteiger partial charge is 0.265 e. The van der Waals surface area contributed by atoms with Crippen molar-refractivity contribution >= 4 is 27.5 Å². The summed E-state index contributed by atoms with van der Waals surface area (Å²) in [6.45, 7) is 5.04. The lowest BCUT2D eigenvalue weighted by molar-refractivity contribution is -0.122. The summed E-state index contributed by atoms with van der Waals surface area (Å²) in [6.07, 6.45) is -0.763. The SMILES string of the molecule is Cc1noc(C)c1NC(=O)C(C)Oc1ccc(F)cc1Br. The number of hydrogen-bond acceptors (Lipinski definition) is 4. The zero-order valence-electron chi connectivity index (χ0n) is 11.7. The van der Waals surface area contributed by atoms with Gasteiger partial charge in [-0.3, -0.25) is 4.79 Å². The second-order valence-electron chi connectivity index (χ2n) is 4.52. The first-order valence-corrected chi connectivity index (χ1v) is 7.03. The molecule has 2 aromatic rings. The van der Waals surface area contributed by atoms with Gasteiger partial charge in [0, 0.05) is 0 Å². The molecule has 0 aliphatic heterocycles. The van der Waals surface area contributed by atoms with Crippen LogP contribution in [0.1, 0.15) is 18.4 Å². The molecule has 1 amide bonds. The van der Waals surface area contributed by atoms with Crippen LogP contribution >= 0.6 is 15.9 Å². The minimum atomic E-state index is -0.763. The number of nitrogens with zero attached hydrogens (tertiary/aromatic N) is 1. The van der Waals surface area contributed by atoms with Crippen LogP contribution in [0.25, 0.3) is 0 Å². The maximum atomic E-state index is 13.0. The van der Waals surface area contributed by atoms with Crippen LogP contribution in [0.4, 0.5) is 10.1 Å². The average Bonchev–Trinajstić information content (AvgIpc) is 2.73. The van der Waals surface area contributed by atoms with Crippen molar-refractivity contribution in [2.45, 2.75) is 26.9 Å². The molecule has 0 saturated heterocycles. The zero-order chi connectivity index (χ0) is 15.6. The molecule has 7 heteroatoms. The Morgan fingerprint density at radius 2 is 2.19 bits per heavy atom. The predicted octanol–water partition coefficient (Wildman–Crippen LogP) is 3.60. The van der Waals surface area contributed by atoms with Crippen LogP contribution < -0.4 is 10.1 Å². The van der Waals surface area contributed by atoms with E-state index in [-0.39, 0.29) is 11.7 Å². The third kappa shape index (κ3) is 3.60. The number of rotatable bonds is 4. The highest BCUT2D eigenvalue weighted by Crippen LogP contribution is 2.27. The third-order valence-electron chi connectivity index (χ3n) is 2.85. The maximum absolute atomic E-state index is 13.0. The number of amides is 1. The summed E-state index contributed by atoms with van der Waals surface area (Å²) >= 11 is 3.19. The number of nitrogens with one attached hydrogen (secondary N) is 1. The number of ether oxygens (including phenoxy) is 1. The van der Waals surface area contributed by atoms with E-state index in [9.17, 15) is 9.18 Å². The second kappa shape index (κ2) is 6.26.